The lowest BCUT2D eigenvalue weighted by atomic mass is 9.85. The third-order valence-electron chi connectivity index (χ3n) is 8.55. The molecule has 7 aromatic carbocycles. The topological polar surface area (TPSA) is 49.8 Å². The van der Waals surface area contributed by atoms with Crippen LogP contribution in [0, 0.1) is 0 Å². The summed E-state index contributed by atoms with van der Waals surface area (Å²) in [5.74, 6) is 1.50. The second-order valence-corrected chi connectivity index (χ2v) is 10.8. The molecule has 8 aromatic rings. The number of hydrogen-bond acceptors (Lipinski definition) is 4. The SMILES string of the molecule is c1ccc2c(C3(c4cccc5ccccc45)Nc4nc5c6ccccc6c6ccccc6c5nc4N3)cccc2c1. The van der Waals surface area contributed by atoms with Crippen molar-refractivity contribution in [2.45, 2.75) is 5.66 Å². The van der Waals surface area contributed by atoms with Crippen LogP contribution >= 0.6 is 0 Å². The third-order valence-corrected chi connectivity index (χ3v) is 8.55. The van der Waals surface area contributed by atoms with Crippen LogP contribution < -0.4 is 10.6 Å². The van der Waals surface area contributed by atoms with Gasteiger partial charge in [0.25, 0.3) is 0 Å². The Kier molecular flexibility index (Phi) is 4.50. The molecule has 0 amide bonds. The summed E-state index contributed by atoms with van der Waals surface area (Å²) in [6.45, 7) is 0. The second-order valence-electron chi connectivity index (χ2n) is 10.8. The molecular weight excluding hydrogens is 500 g/mol. The Morgan fingerprint density at radius 3 is 1.20 bits per heavy atom. The average molecular weight is 525 g/mol. The molecule has 0 saturated heterocycles. The average Bonchev–Trinajstić information content (AvgIpc) is 3.43. The lowest BCUT2D eigenvalue weighted by molar-refractivity contribution is 0.714. The van der Waals surface area contributed by atoms with Gasteiger partial charge in [-0.2, -0.15) is 0 Å². The Bertz CT molecular complexity index is 2160. The summed E-state index contributed by atoms with van der Waals surface area (Å²) in [5.41, 5.74) is 3.28. The first-order valence-corrected chi connectivity index (χ1v) is 13.9. The van der Waals surface area contributed by atoms with Crippen LogP contribution in [-0.2, 0) is 5.66 Å². The number of hydrogen-bond donors (Lipinski definition) is 2. The first kappa shape index (κ1) is 22.3. The van der Waals surface area contributed by atoms with Crippen molar-refractivity contribution in [3.05, 3.63) is 145 Å². The van der Waals surface area contributed by atoms with E-state index in [9.17, 15) is 0 Å². The van der Waals surface area contributed by atoms with Crippen LogP contribution in [-0.4, -0.2) is 9.97 Å². The number of aromatic nitrogens is 2. The van der Waals surface area contributed by atoms with E-state index in [0.29, 0.717) is 0 Å². The fourth-order valence-electron chi connectivity index (χ4n) is 6.74. The zero-order valence-electron chi connectivity index (χ0n) is 22.1. The van der Waals surface area contributed by atoms with Gasteiger partial charge in [-0.1, -0.05) is 133 Å². The Morgan fingerprint density at radius 2 is 0.732 bits per heavy atom. The first-order chi connectivity index (χ1) is 20.3. The van der Waals surface area contributed by atoms with Crippen molar-refractivity contribution < 1.29 is 0 Å². The first-order valence-electron chi connectivity index (χ1n) is 13.9. The second kappa shape index (κ2) is 8.26. The van der Waals surface area contributed by atoms with Gasteiger partial charge in [0.1, 0.15) is 0 Å². The minimum absolute atomic E-state index is 0.749. The molecule has 1 aromatic heterocycles. The molecule has 4 heteroatoms. The van der Waals surface area contributed by atoms with Crippen molar-refractivity contribution in [3.8, 4) is 0 Å². The van der Waals surface area contributed by atoms with Crippen LogP contribution in [0.1, 0.15) is 11.1 Å². The van der Waals surface area contributed by atoms with Crippen molar-refractivity contribution in [2.75, 3.05) is 10.6 Å². The molecule has 0 fully saturated rings. The van der Waals surface area contributed by atoms with Gasteiger partial charge in [0.2, 0.25) is 0 Å². The number of nitrogens with one attached hydrogen (secondary N) is 2. The van der Waals surface area contributed by atoms with E-state index >= 15 is 0 Å². The van der Waals surface area contributed by atoms with E-state index in [2.05, 4.69) is 144 Å². The molecule has 0 spiro atoms. The minimum atomic E-state index is -0.785. The lowest BCUT2D eigenvalue weighted by Crippen LogP contribution is -2.40. The Hall–Kier alpha value is -5.48. The maximum absolute atomic E-state index is 5.30. The molecule has 41 heavy (non-hydrogen) atoms. The third kappa shape index (κ3) is 3.10. The van der Waals surface area contributed by atoms with Crippen molar-refractivity contribution in [1.82, 2.24) is 9.97 Å². The molecule has 2 heterocycles. The van der Waals surface area contributed by atoms with Crippen molar-refractivity contribution >= 4 is 65.8 Å². The molecular formula is C37H24N4. The molecule has 1 aliphatic heterocycles. The maximum Gasteiger partial charge on any atom is 0.172 e. The number of rotatable bonds is 2. The predicted octanol–water partition coefficient (Wildman–Crippen LogP) is 8.98. The largest absolute Gasteiger partial charge is 0.337 e. The van der Waals surface area contributed by atoms with Crippen LogP contribution in [0.2, 0.25) is 0 Å². The van der Waals surface area contributed by atoms with Gasteiger partial charge in [0, 0.05) is 21.9 Å². The van der Waals surface area contributed by atoms with Gasteiger partial charge in [0.05, 0.1) is 11.0 Å². The molecule has 192 valence electrons. The summed E-state index contributed by atoms with van der Waals surface area (Å²) in [7, 11) is 0. The van der Waals surface area contributed by atoms with E-state index in [1.807, 2.05) is 0 Å². The van der Waals surface area contributed by atoms with E-state index in [0.717, 1.165) is 44.6 Å². The van der Waals surface area contributed by atoms with Crippen LogP contribution in [0.25, 0.3) is 54.1 Å². The monoisotopic (exact) mass is 524 g/mol. The van der Waals surface area contributed by atoms with Gasteiger partial charge < -0.3 is 10.6 Å². The molecule has 0 unspecified atom stereocenters. The van der Waals surface area contributed by atoms with Gasteiger partial charge in [-0.15, -0.1) is 0 Å². The summed E-state index contributed by atoms with van der Waals surface area (Å²) in [6, 6.07) is 47.1. The van der Waals surface area contributed by atoms with Crippen LogP contribution in [0.3, 0.4) is 0 Å². The zero-order chi connectivity index (χ0) is 27.0. The van der Waals surface area contributed by atoms with Crippen LogP contribution in [0.15, 0.2) is 133 Å². The summed E-state index contributed by atoms with van der Waals surface area (Å²) >= 11 is 0. The summed E-state index contributed by atoms with van der Waals surface area (Å²) in [5, 5.41) is 17.1. The fourth-order valence-corrected chi connectivity index (χ4v) is 6.74. The number of fused-ring (bicyclic) bond motifs is 9. The lowest BCUT2D eigenvalue weighted by Gasteiger charge is -2.33. The summed E-state index contributed by atoms with van der Waals surface area (Å²) < 4.78 is 0. The van der Waals surface area contributed by atoms with Crippen molar-refractivity contribution in [3.63, 3.8) is 0 Å². The molecule has 0 atom stereocenters. The Labute approximate surface area is 236 Å². The molecule has 0 radical (unpaired) electrons. The van der Waals surface area contributed by atoms with E-state index in [1.165, 1.54) is 32.3 Å². The number of benzene rings is 7. The van der Waals surface area contributed by atoms with Gasteiger partial charge in [-0.25, -0.2) is 9.97 Å². The van der Waals surface area contributed by atoms with E-state index in [1.54, 1.807) is 0 Å². The molecule has 0 saturated carbocycles. The zero-order valence-corrected chi connectivity index (χ0v) is 22.1. The molecule has 9 rings (SSSR count). The van der Waals surface area contributed by atoms with E-state index < -0.39 is 5.66 Å². The van der Waals surface area contributed by atoms with E-state index in [-0.39, 0.29) is 0 Å². The maximum atomic E-state index is 5.30. The Morgan fingerprint density at radius 1 is 0.366 bits per heavy atom. The fraction of sp³-hybridized carbons (Fsp3) is 0.0270. The minimum Gasteiger partial charge on any atom is -0.337 e. The number of nitrogens with zero attached hydrogens (tertiary/aromatic N) is 2. The predicted molar refractivity (Wildman–Crippen MR) is 170 cm³/mol. The van der Waals surface area contributed by atoms with Gasteiger partial charge in [0.15, 0.2) is 17.3 Å². The van der Waals surface area contributed by atoms with Crippen molar-refractivity contribution in [1.29, 1.82) is 0 Å². The highest BCUT2D eigenvalue weighted by atomic mass is 15.3. The Balaban J connectivity index is 1.38. The van der Waals surface area contributed by atoms with E-state index in [4.69, 9.17) is 9.97 Å². The summed E-state index contributed by atoms with van der Waals surface area (Å²) in [6.07, 6.45) is 0. The van der Waals surface area contributed by atoms with Crippen LogP contribution in [0.4, 0.5) is 11.6 Å². The normalized spacial score (nSPS) is 14.0. The highest BCUT2D eigenvalue weighted by Crippen LogP contribution is 2.47. The summed E-state index contributed by atoms with van der Waals surface area (Å²) in [4.78, 5) is 10.6. The van der Waals surface area contributed by atoms with Crippen LogP contribution in [0.5, 0.6) is 0 Å². The van der Waals surface area contributed by atoms with Crippen molar-refractivity contribution in [2.24, 2.45) is 0 Å². The molecule has 0 aliphatic carbocycles. The molecule has 2 N–H and O–H groups in total. The molecule has 0 bridgehead atoms. The van der Waals surface area contributed by atoms with Gasteiger partial charge in [-0.3, -0.25) is 0 Å². The highest BCUT2D eigenvalue weighted by Gasteiger charge is 2.43. The van der Waals surface area contributed by atoms with Gasteiger partial charge >= 0.3 is 0 Å². The standard InChI is InChI=1S/C37H24N4/c1-3-15-25-23(11-1)13-9-21-31(25)37(32-22-10-14-24-12-2-4-16-26(24)32)40-35-36(41-37)39-34-30-20-8-6-18-28(30)27-17-5-7-19-29(27)33(34)38-35/h1-22H,(H,38,40)(H,39,41). The smallest absolute Gasteiger partial charge is 0.172 e. The number of anilines is 2. The quantitative estimate of drug-likeness (QED) is 0.222. The molecule has 1 aliphatic rings. The molecule has 4 nitrogen and oxygen atoms in total. The highest BCUT2D eigenvalue weighted by molar-refractivity contribution is 6.23. The van der Waals surface area contributed by atoms with Gasteiger partial charge in [-0.05, 0) is 32.3 Å².